The van der Waals surface area contributed by atoms with E-state index in [2.05, 4.69) is 25.4 Å². The second-order valence-corrected chi connectivity index (χ2v) is 4.45. The smallest absolute Gasteiger partial charge is 0.257 e. The molecule has 0 saturated carbocycles. The fourth-order valence-electron chi connectivity index (χ4n) is 1.52. The summed E-state index contributed by atoms with van der Waals surface area (Å²) >= 11 is 0. The first-order valence-corrected chi connectivity index (χ1v) is 5.99. The van der Waals surface area contributed by atoms with Crippen molar-refractivity contribution in [2.75, 3.05) is 17.7 Å². The molecule has 0 aromatic carbocycles. The molecule has 2 rings (SSSR count). The number of nitrogens with two attached hydrogens (primary N) is 1. The molecule has 4 N–H and O–H groups in total. The Morgan fingerprint density at radius 2 is 2.16 bits per heavy atom. The first-order valence-electron chi connectivity index (χ1n) is 5.99. The van der Waals surface area contributed by atoms with E-state index in [0.717, 1.165) is 0 Å². The van der Waals surface area contributed by atoms with Crippen molar-refractivity contribution in [1.82, 2.24) is 24.7 Å². The van der Waals surface area contributed by atoms with Crippen LogP contribution < -0.4 is 11.1 Å². The number of aromatic nitrogens is 5. The maximum atomic E-state index is 9.30. The van der Waals surface area contributed by atoms with Crippen LogP contribution in [-0.4, -0.2) is 42.5 Å². The van der Waals surface area contributed by atoms with Crippen LogP contribution in [-0.2, 0) is 0 Å². The van der Waals surface area contributed by atoms with Crippen molar-refractivity contribution in [3.05, 3.63) is 18.5 Å². The largest absolute Gasteiger partial charge is 0.394 e. The zero-order chi connectivity index (χ0) is 13.8. The number of aliphatic hydroxyl groups excluding tert-OH is 1. The Hall–Kier alpha value is -2.22. The summed E-state index contributed by atoms with van der Waals surface area (Å²) in [6, 6.07) is 1.62. The van der Waals surface area contributed by atoms with Gasteiger partial charge in [0.25, 0.3) is 5.95 Å². The fourth-order valence-corrected chi connectivity index (χ4v) is 1.52. The highest BCUT2D eigenvalue weighted by molar-refractivity contribution is 5.35. The summed E-state index contributed by atoms with van der Waals surface area (Å²) in [7, 11) is 0. The highest BCUT2D eigenvalue weighted by Gasteiger charge is 2.14. The van der Waals surface area contributed by atoms with Gasteiger partial charge in [0.2, 0.25) is 11.9 Å². The molecule has 0 saturated heterocycles. The average molecular weight is 263 g/mol. The van der Waals surface area contributed by atoms with Crippen molar-refractivity contribution in [2.24, 2.45) is 5.92 Å². The molecule has 0 spiro atoms. The van der Waals surface area contributed by atoms with Crippen LogP contribution >= 0.6 is 0 Å². The third-order valence-electron chi connectivity index (χ3n) is 2.67. The molecule has 2 heterocycles. The van der Waals surface area contributed by atoms with Gasteiger partial charge in [-0.1, -0.05) is 13.8 Å². The molecule has 19 heavy (non-hydrogen) atoms. The standard InChI is InChI=1S/C11H17N7O/c1-7(2)8(6-19)14-10-15-9(12)16-11(17-10)18-5-3-4-13-18/h3-5,7-8,19H,6H2,1-2H3,(H3,12,14,15,16,17)/t8-/m1/s1. The molecule has 0 aliphatic heterocycles. The lowest BCUT2D eigenvalue weighted by Crippen LogP contribution is -2.30. The van der Waals surface area contributed by atoms with Crippen molar-refractivity contribution in [2.45, 2.75) is 19.9 Å². The number of anilines is 2. The highest BCUT2D eigenvalue weighted by atomic mass is 16.3. The predicted octanol–water partition coefficient (Wildman–Crippen LogP) is 0.0683. The van der Waals surface area contributed by atoms with Gasteiger partial charge in [-0.05, 0) is 12.0 Å². The Morgan fingerprint density at radius 3 is 2.74 bits per heavy atom. The van der Waals surface area contributed by atoms with Crippen molar-refractivity contribution >= 4 is 11.9 Å². The minimum Gasteiger partial charge on any atom is -0.394 e. The van der Waals surface area contributed by atoms with Crippen LogP contribution in [0.2, 0.25) is 0 Å². The SMILES string of the molecule is CC(C)[C@@H](CO)Nc1nc(N)nc(-n2cccn2)n1. The lowest BCUT2D eigenvalue weighted by atomic mass is 10.1. The van der Waals surface area contributed by atoms with E-state index in [1.165, 1.54) is 4.68 Å². The van der Waals surface area contributed by atoms with Crippen molar-refractivity contribution in [3.63, 3.8) is 0 Å². The third kappa shape index (κ3) is 3.16. The molecule has 0 unspecified atom stereocenters. The lowest BCUT2D eigenvalue weighted by Gasteiger charge is -2.19. The molecule has 8 heteroatoms. The number of nitrogen functional groups attached to an aromatic ring is 1. The van der Waals surface area contributed by atoms with Crippen molar-refractivity contribution in [1.29, 1.82) is 0 Å². The summed E-state index contributed by atoms with van der Waals surface area (Å²) in [6.07, 6.45) is 3.34. The zero-order valence-corrected chi connectivity index (χ0v) is 10.9. The Labute approximate surface area is 110 Å². The fraction of sp³-hybridized carbons (Fsp3) is 0.455. The van der Waals surface area contributed by atoms with Gasteiger partial charge < -0.3 is 16.2 Å². The molecule has 0 radical (unpaired) electrons. The van der Waals surface area contributed by atoms with E-state index in [0.29, 0.717) is 11.9 Å². The van der Waals surface area contributed by atoms with Crippen LogP contribution in [0.15, 0.2) is 18.5 Å². The molecule has 0 bridgehead atoms. The second-order valence-electron chi connectivity index (χ2n) is 4.45. The van der Waals surface area contributed by atoms with Crippen LogP contribution in [0.5, 0.6) is 0 Å². The number of aliphatic hydroxyl groups is 1. The maximum Gasteiger partial charge on any atom is 0.257 e. The first-order chi connectivity index (χ1) is 9.10. The Kier molecular flexibility index (Phi) is 3.91. The van der Waals surface area contributed by atoms with Crippen LogP contribution in [0.25, 0.3) is 5.95 Å². The van der Waals surface area contributed by atoms with E-state index in [-0.39, 0.29) is 24.5 Å². The van der Waals surface area contributed by atoms with E-state index in [9.17, 15) is 5.11 Å². The molecule has 2 aromatic rings. The average Bonchev–Trinajstić information content (AvgIpc) is 2.88. The topological polar surface area (TPSA) is 115 Å². The molecule has 0 aliphatic rings. The van der Waals surface area contributed by atoms with E-state index < -0.39 is 0 Å². The highest BCUT2D eigenvalue weighted by Crippen LogP contribution is 2.11. The number of rotatable bonds is 5. The van der Waals surface area contributed by atoms with Gasteiger partial charge in [-0.3, -0.25) is 0 Å². The molecule has 2 aromatic heterocycles. The van der Waals surface area contributed by atoms with E-state index >= 15 is 0 Å². The Balaban J connectivity index is 2.27. The molecule has 8 nitrogen and oxygen atoms in total. The summed E-state index contributed by atoms with van der Waals surface area (Å²) < 4.78 is 1.49. The summed E-state index contributed by atoms with van der Waals surface area (Å²) in [4.78, 5) is 12.2. The van der Waals surface area contributed by atoms with Crippen LogP contribution in [0.1, 0.15) is 13.8 Å². The van der Waals surface area contributed by atoms with Gasteiger partial charge in [0, 0.05) is 12.4 Å². The third-order valence-corrected chi connectivity index (χ3v) is 2.67. The molecule has 0 fully saturated rings. The lowest BCUT2D eigenvalue weighted by molar-refractivity contribution is 0.248. The van der Waals surface area contributed by atoms with Gasteiger partial charge >= 0.3 is 0 Å². The zero-order valence-electron chi connectivity index (χ0n) is 10.9. The molecular weight excluding hydrogens is 246 g/mol. The van der Waals surface area contributed by atoms with Crippen molar-refractivity contribution < 1.29 is 5.11 Å². The second kappa shape index (κ2) is 5.61. The molecular formula is C11H17N7O. The van der Waals surface area contributed by atoms with Crippen LogP contribution in [0.4, 0.5) is 11.9 Å². The van der Waals surface area contributed by atoms with Gasteiger partial charge in [0.1, 0.15) is 0 Å². The van der Waals surface area contributed by atoms with Gasteiger partial charge in [-0.15, -0.1) is 0 Å². The number of hydrogen-bond acceptors (Lipinski definition) is 7. The maximum absolute atomic E-state index is 9.30. The Morgan fingerprint density at radius 1 is 1.37 bits per heavy atom. The number of nitrogens with one attached hydrogen (secondary N) is 1. The summed E-state index contributed by atoms with van der Waals surface area (Å²) in [5.74, 6) is 0.991. The minimum atomic E-state index is -0.146. The van der Waals surface area contributed by atoms with E-state index in [4.69, 9.17) is 5.73 Å². The normalized spacial score (nSPS) is 12.6. The van der Waals surface area contributed by atoms with E-state index in [1.54, 1.807) is 18.5 Å². The minimum absolute atomic E-state index is 0.0135. The van der Waals surface area contributed by atoms with E-state index in [1.807, 2.05) is 13.8 Å². The van der Waals surface area contributed by atoms with Gasteiger partial charge in [-0.2, -0.15) is 20.1 Å². The summed E-state index contributed by atoms with van der Waals surface area (Å²) in [5.41, 5.74) is 5.65. The molecule has 0 aliphatic carbocycles. The van der Waals surface area contributed by atoms with Gasteiger partial charge in [-0.25, -0.2) is 4.68 Å². The van der Waals surface area contributed by atoms with Gasteiger partial charge in [0.05, 0.1) is 12.6 Å². The quantitative estimate of drug-likeness (QED) is 0.699. The van der Waals surface area contributed by atoms with Crippen molar-refractivity contribution in [3.8, 4) is 5.95 Å². The predicted molar refractivity (Wildman–Crippen MR) is 70.7 cm³/mol. The monoisotopic (exact) mass is 263 g/mol. The van der Waals surface area contributed by atoms with Crippen LogP contribution in [0.3, 0.4) is 0 Å². The summed E-state index contributed by atoms with van der Waals surface area (Å²) in [6.45, 7) is 3.97. The van der Waals surface area contributed by atoms with Crippen LogP contribution in [0, 0.1) is 5.92 Å². The molecule has 102 valence electrons. The summed E-state index contributed by atoms with van der Waals surface area (Å²) in [5, 5.41) is 16.4. The first kappa shape index (κ1) is 13.2. The Bertz CT molecular complexity index is 526. The molecule has 0 amide bonds. The number of nitrogens with zero attached hydrogens (tertiary/aromatic N) is 5. The number of hydrogen-bond donors (Lipinski definition) is 3. The van der Waals surface area contributed by atoms with Gasteiger partial charge in [0.15, 0.2) is 0 Å². The molecule has 1 atom stereocenters.